The molecule has 2 saturated carbocycles. The van der Waals surface area contributed by atoms with E-state index in [0.717, 1.165) is 38.6 Å². The van der Waals surface area contributed by atoms with Crippen LogP contribution in [-0.2, 0) is 4.74 Å². The highest BCUT2D eigenvalue weighted by Crippen LogP contribution is 2.31. The molecule has 17 heavy (non-hydrogen) atoms. The molecule has 2 aliphatic carbocycles. The summed E-state index contributed by atoms with van der Waals surface area (Å²) in [6.07, 6.45) is 10.5. The van der Waals surface area contributed by atoms with Gasteiger partial charge in [0.1, 0.15) is 0 Å². The molecule has 0 bridgehead atoms. The summed E-state index contributed by atoms with van der Waals surface area (Å²) in [5.74, 6) is 0.510. The second kappa shape index (κ2) is 6.17. The topological polar surface area (TPSA) is 55.5 Å². The molecule has 0 aromatic heterocycles. The van der Waals surface area contributed by atoms with E-state index in [2.05, 4.69) is 0 Å². The Hall–Kier alpha value is -0.120. The lowest BCUT2D eigenvalue weighted by molar-refractivity contribution is -0.109. The maximum atomic E-state index is 10.4. The number of hydrogen-bond acceptors (Lipinski definition) is 3. The van der Waals surface area contributed by atoms with Gasteiger partial charge in [0.25, 0.3) is 0 Å². The highest BCUT2D eigenvalue weighted by Gasteiger charge is 2.32. The highest BCUT2D eigenvalue weighted by atomic mass is 16.5. The molecule has 0 aromatic rings. The molecule has 0 amide bonds. The van der Waals surface area contributed by atoms with Crippen molar-refractivity contribution >= 4 is 0 Å². The maximum Gasteiger partial charge on any atom is 0.0880 e. The average molecular weight is 241 g/mol. The number of ether oxygens (including phenoxy) is 1. The summed E-state index contributed by atoms with van der Waals surface area (Å²) < 4.78 is 6.00. The summed E-state index contributed by atoms with van der Waals surface area (Å²) in [5, 5.41) is 10.4. The fourth-order valence-corrected chi connectivity index (χ4v) is 3.28. The van der Waals surface area contributed by atoms with Crippen LogP contribution in [-0.4, -0.2) is 30.0 Å². The van der Waals surface area contributed by atoms with Gasteiger partial charge < -0.3 is 15.6 Å². The molecular weight excluding hydrogens is 214 g/mol. The van der Waals surface area contributed by atoms with Gasteiger partial charge in [0.2, 0.25) is 0 Å². The lowest BCUT2D eigenvalue weighted by atomic mass is 9.84. The van der Waals surface area contributed by atoms with Crippen LogP contribution in [0.3, 0.4) is 0 Å². The van der Waals surface area contributed by atoms with Gasteiger partial charge in [-0.1, -0.05) is 32.1 Å². The Morgan fingerprint density at radius 3 is 2.47 bits per heavy atom. The predicted octanol–water partition coefficient (Wildman–Crippen LogP) is 2.22. The van der Waals surface area contributed by atoms with E-state index >= 15 is 0 Å². The molecule has 2 atom stereocenters. The SMILES string of the molecule is NCC1CCCCC1OCC1(O)CCCCC1. The van der Waals surface area contributed by atoms with Gasteiger partial charge in [-0.05, 0) is 38.1 Å². The third-order valence-electron chi connectivity index (χ3n) is 4.49. The quantitative estimate of drug-likeness (QED) is 0.793. The first-order valence-electron chi connectivity index (χ1n) is 7.27. The summed E-state index contributed by atoms with van der Waals surface area (Å²) in [6.45, 7) is 1.25. The van der Waals surface area contributed by atoms with Gasteiger partial charge in [0.05, 0.1) is 18.3 Å². The largest absolute Gasteiger partial charge is 0.387 e. The van der Waals surface area contributed by atoms with E-state index in [1.54, 1.807) is 0 Å². The Kier molecular flexibility index (Phi) is 4.83. The number of nitrogens with two attached hydrogens (primary N) is 1. The van der Waals surface area contributed by atoms with Crippen molar-refractivity contribution < 1.29 is 9.84 Å². The predicted molar refractivity (Wildman–Crippen MR) is 68.8 cm³/mol. The lowest BCUT2D eigenvalue weighted by Gasteiger charge is -2.36. The van der Waals surface area contributed by atoms with Gasteiger partial charge >= 0.3 is 0 Å². The second-order valence-electron chi connectivity index (χ2n) is 5.91. The summed E-state index contributed by atoms with van der Waals surface area (Å²) in [5.41, 5.74) is 5.25. The maximum absolute atomic E-state index is 10.4. The molecule has 0 spiro atoms. The Balaban J connectivity index is 1.79. The zero-order valence-corrected chi connectivity index (χ0v) is 10.9. The van der Waals surface area contributed by atoms with Crippen LogP contribution in [0.15, 0.2) is 0 Å². The Morgan fingerprint density at radius 1 is 1.06 bits per heavy atom. The minimum atomic E-state index is -0.547. The smallest absolute Gasteiger partial charge is 0.0880 e. The third kappa shape index (κ3) is 3.67. The third-order valence-corrected chi connectivity index (χ3v) is 4.49. The van der Waals surface area contributed by atoms with Crippen molar-refractivity contribution in [3.8, 4) is 0 Å². The molecule has 2 unspecified atom stereocenters. The van der Waals surface area contributed by atoms with Crippen molar-refractivity contribution in [3.05, 3.63) is 0 Å². The summed E-state index contributed by atoms with van der Waals surface area (Å²) in [7, 11) is 0. The Bertz CT molecular complexity index is 226. The minimum absolute atomic E-state index is 0.291. The summed E-state index contributed by atoms with van der Waals surface area (Å²) in [6, 6.07) is 0. The van der Waals surface area contributed by atoms with E-state index in [1.165, 1.54) is 25.7 Å². The molecule has 0 aromatic carbocycles. The summed E-state index contributed by atoms with van der Waals surface area (Å²) in [4.78, 5) is 0. The molecule has 2 aliphatic rings. The first kappa shape index (κ1) is 13.3. The lowest BCUT2D eigenvalue weighted by Crippen LogP contribution is -2.41. The molecule has 0 saturated heterocycles. The van der Waals surface area contributed by atoms with E-state index < -0.39 is 5.60 Å². The molecule has 3 nitrogen and oxygen atoms in total. The van der Waals surface area contributed by atoms with Crippen LogP contribution in [0.1, 0.15) is 57.8 Å². The second-order valence-corrected chi connectivity index (χ2v) is 5.91. The molecule has 0 radical (unpaired) electrons. The highest BCUT2D eigenvalue weighted by molar-refractivity contribution is 4.84. The van der Waals surface area contributed by atoms with Crippen molar-refractivity contribution in [1.29, 1.82) is 0 Å². The van der Waals surface area contributed by atoms with Crippen molar-refractivity contribution in [3.63, 3.8) is 0 Å². The molecule has 100 valence electrons. The van der Waals surface area contributed by atoms with Crippen LogP contribution in [0.5, 0.6) is 0 Å². The molecule has 0 aliphatic heterocycles. The average Bonchev–Trinajstić information content (AvgIpc) is 2.38. The zero-order valence-electron chi connectivity index (χ0n) is 10.9. The fourth-order valence-electron chi connectivity index (χ4n) is 3.28. The van der Waals surface area contributed by atoms with Crippen molar-refractivity contribution in [1.82, 2.24) is 0 Å². The molecule has 0 heterocycles. The first-order valence-corrected chi connectivity index (χ1v) is 7.27. The van der Waals surface area contributed by atoms with E-state index in [9.17, 15) is 5.11 Å². The Labute approximate surface area is 105 Å². The van der Waals surface area contributed by atoms with E-state index in [4.69, 9.17) is 10.5 Å². The van der Waals surface area contributed by atoms with E-state index in [0.29, 0.717) is 18.6 Å². The normalized spacial score (nSPS) is 33.5. The van der Waals surface area contributed by atoms with Crippen molar-refractivity contribution in [2.24, 2.45) is 11.7 Å². The number of hydrogen-bond donors (Lipinski definition) is 2. The summed E-state index contributed by atoms with van der Waals surface area (Å²) >= 11 is 0. The van der Waals surface area contributed by atoms with Crippen LogP contribution in [0, 0.1) is 5.92 Å². The number of rotatable bonds is 4. The molecule has 2 fully saturated rings. The van der Waals surface area contributed by atoms with Crippen LogP contribution >= 0.6 is 0 Å². The van der Waals surface area contributed by atoms with Gasteiger partial charge in [-0.25, -0.2) is 0 Å². The van der Waals surface area contributed by atoms with Gasteiger partial charge in [0, 0.05) is 0 Å². The first-order chi connectivity index (χ1) is 8.23. The van der Waals surface area contributed by atoms with Crippen LogP contribution in [0.25, 0.3) is 0 Å². The molecular formula is C14H27NO2. The van der Waals surface area contributed by atoms with Gasteiger partial charge in [0.15, 0.2) is 0 Å². The fraction of sp³-hybridized carbons (Fsp3) is 1.00. The molecule has 2 rings (SSSR count). The molecule has 3 N–H and O–H groups in total. The van der Waals surface area contributed by atoms with Crippen molar-refractivity contribution in [2.45, 2.75) is 69.5 Å². The number of aliphatic hydroxyl groups is 1. The van der Waals surface area contributed by atoms with Gasteiger partial charge in [-0.15, -0.1) is 0 Å². The minimum Gasteiger partial charge on any atom is -0.387 e. The van der Waals surface area contributed by atoms with Gasteiger partial charge in [-0.2, -0.15) is 0 Å². The Morgan fingerprint density at radius 2 is 1.76 bits per heavy atom. The van der Waals surface area contributed by atoms with E-state index in [1.807, 2.05) is 0 Å². The van der Waals surface area contributed by atoms with Crippen LogP contribution in [0.4, 0.5) is 0 Å². The van der Waals surface area contributed by atoms with Crippen molar-refractivity contribution in [2.75, 3.05) is 13.2 Å². The van der Waals surface area contributed by atoms with E-state index in [-0.39, 0.29) is 0 Å². The monoisotopic (exact) mass is 241 g/mol. The van der Waals surface area contributed by atoms with Crippen LogP contribution in [0.2, 0.25) is 0 Å². The van der Waals surface area contributed by atoms with Gasteiger partial charge in [-0.3, -0.25) is 0 Å². The standard InChI is InChI=1S/C14H27NO2/c15-10-12-6-2-3-7-13(12)17-11-14(16)8-4-1-5-9-14/h12-13,16H,1-11,15H2. The zero-order chi connectivity index (χ0) is 12.1. The van der Waals surface area contributed by atoms with Crippen LogP contribution < -0.4 is 5.73 Å². The molecule has 3 heteroatoms.